The van der Waals surface area contributed by atoms with Crippen LogP contribution in [0.4, 0.5) is 24.7 Å². The van der Waals surface area contributed by atoms with Gasteiger partial charge in [0.15, 0.2) is 17.2 Å². The number of ether oxygens (including phenoxy) is 1. The molecule has 21 heavy (non-hydrogen) atoms. The van der Waals surface area contributed by atoms with Gasteiger partial charge in [-0.05, 0) is 24.3 Å². The SMILES string of the molecule is FC(F)(F)Oc1ccccc1Nc1noc2ccccc12. The molecule has 0 aliphatic carbocycles. The molecule has 1 aromatic heterocycles. The molecular formula is C14H9F3N2O2. The highest BCUT2D eigenvalue weighted by atomic mass is 19.4. The lowest BCUT2D eigenvalue weighted by atomic mass is 10.2. The monoisotopic (exact) mass is 294 g/mol. The van der Waals surface area contributed by atoms with Gasteiger partial charge >= 0.3 is 6.36 Å². The van der Waals surface area contributed by atoms with E-state index in [2.05, 4.69) is 15.2 Å². The van der Waals surface area contributed by atoms with Crippen LogP contribution < -0.4 is 10.1 Å². The smallest absolute Gasteiger partial charge is 0.404 e. The highest BCUT2D eigenvalue weighted by Gasteiger charge is 2.32. The van der Waals surface area contributed by atoms with E-state index in [1.807, 2.05) is 0 Å². The standard InChI is InChI=1S/C14H9F3N2O2/c15-14(16,17)20-12-8-4-2-6-10(12)18-13-9-5-1-3-7-11(9)21-19-13/h1-8H,(H,18,19). The number of anilines is 2. The Morgan fingerprint density at radius 1 is 1.00 bits per heavy atom. The minimum atomic E-state index is -4.76. The Morgan fingerprint density at radius 3 is 2.52 bits per heavy atom. The first kappa shape index (κ1) is 13.3. The van der Waals surface area contributed by atoms with Gasteiger partial charge in [-0.25, -0.2) is 0 Å². The lowest BCUT2D eigenvalue weighted by Crippen LogP contribution is -2.17. The fourth-order valence-electron chi connectivity index (χ4n) is 1.89. The molecule has 3 rings (SSSR count). The first-order chi connectivity index (χ1) is 10.0. The van der Waals surface area contributed by atoms with Crippen molar-refractivity contribution in [2.45, 2.75) is 6.36 Å². The molecule has 0 saturated heterocycles. The van der Waals surface area contributed by atoms with E-state index in [1.54, 1.807) is 30.3 Å². The second-order valence-electron chi connectivity index (χ2n) is 4.20. The Hall–Kier alpha value is -2.70. The summed E-state index contributed by atoms with van der Waals surface area (Å²) in [5, 5.41) is 7.26. The van der Waals surface area contributed by atoms with E-state index in [4.69, 9.17) is 4.52 Å². The van der Waals surface area contributed by atoms with Crippen LogP contribution in [0.1, 0.15) is 0 Å². The summed E-state index contributed by atoms with van der Waals surface area (Å²) >= 11 is 0. The number of aromatic nitrogens is 1. The average Bonchev–Trinajstić information content (AvgIpc) is 2.83. The van der Waals surface area contributed by atoms with Crippen LogP contribution in [-0.2, 0) is 0 Å². The van der Waals surface area contributed by atoms with Gasteiger partial charge in [0.1, 0.15) is 0 Å². The second-order valence-corrected chi connectivity index (χ2v) is 4.20. The van der Waals surface area contributed by atoms with Gasteiger partial charge < -0.3 is 14.6 Å². The molecule has 0 atom stereocenters. The number of hydrogen-bond donors (Lipinski definition) is 1. The molecule has 1 heterocycles. The molecule has 0 aliphatic heterocycles. The van der Waals surface area contributed by atoms with Gasteiger partial charge in [0.2, 0.25) is 0 Å². The van der Waals surface area contributed by atoms with Gasteiger partial charge in [0.05, 0.1) is 11.1 Å². The summed E-state index contributed by atoms with van der Waals surface area (Å²) in [6.45, 7) is 0. The molecule has 0 unspecified atom stereocenters. The minimum Gasteiger partial charge on any atom is -0.404 e. The predicted octanol–water partition coefficient (Wildman–Crippen LogP) is 4.47. The van der Waals surface area contributed by atoms with Crippen molar-refractivity contribution in [3.8, 4) is 5.75 Å². The van der Waals surface area contributed by atoms with Crippen molar-refractivity contribution >= 4 is 22.5 Å². The molecule has 0 fully saturated rings. The molecule has 0 radical (unpaired) electrons. The Morgan fingerprint density at radius 2 is 1.71 bits per heavy atom. The summed E-state index contributed by atoms with van der Waals surface area (Å²) < 4.78 is 46.2. The quantitative estimate of drug-likeness (QED) is 0.774. The zero-order chi connectivity index (χ0) is 14.9. The third kappa shape index (κ3) is 2.91. The van der Waals surface area contributed by atoms with Crippen LogP contribution in [0.15, 0.2) is 53.1 Å². The van der Waals surface area contributed by atoms with E-state index in [0.717, 1.165) is 0 Å². The number of hydrogen-bond acceptors (Lipinski definition) is 4. The summed E-state index contributed by atoms with van der Waals surface area (Å²) in [6, 6.07) is 12.7. The van der Waals surface area contributed by atoms with Crippen molar-refractivity contribution < 1.29 is 22.4 Å². The molecule has 0 spiro atoms. The van der Waals surface area contributed by atoms with E-state index < -0.39 is 6.36 Å². The largest absolute Gasteiger partial charge is 0.573 e. The number of rotatable bonds is 3. The number of benzene rings is 2. The summed E-state index contributed by atoms with van der Waals surface area (Å²) in [4.78, 5) is 0. The van der Waals surface area contributed by atoms with Crippen molar-refractivity contribution in [3.63, 3.8) is 0 Å². The molecule has 0 aliphatic rings. The summed E-state index contributed by atoms with van der Waals surface area (Å²) in [6.07, 6.45) is -4.76. The lowest BCUT2D eigenvalue weighted by Gasteiger charge is -2.13. The van der Waals surface area contributed by atoms with Crippen LogP contribution >= 0.6 is 0 Å². The van der Waals surface area contributed by atoms with Gasteiger partial charge in [-0.15, -0.1) is 13.2 Å². The average molecular weight is 294 g/mol. The van der Waals surface area contributed by atoms with Crippen molar-refractivity contribution in [3.05, 3.63) is 48.5 Å². The van der Waals surface area contributed by atoms with Crippen LogP contribution in [0.25, 0.3) is 11.0 Å². The summed E-state index contributed by atoms with van der Waals surface area (Å²) in [5.41, 5.74) is 0.683. The molecule has 0 bridgehead atoms. The molecule has 108 valence electrons. The first-order valence-electron chi connectivity index (χ1n) is 5.99. The van der Waals surface area contributed by atoms with Crippen LogP contribution in [0.5, 0.6) is 5.75 Å². The van der Waals surface area contributed by atoms with E-state index in [9.17, 15) is 13.2 Å². The highest BCUT2D eigenvalue weighted by molar-refractivity contribution is 5.90. The van der Waals surface area contributed by atoms with E-state index in [0.29, 0.717) is 16.8 Å². The second kappa shape index (κ2) is 5.01. The maximum absolute atomic E-state index is 12.4. The zero-order valence-electron chi connectivity index (χ0n) is 10.5. The number of nitrogens with one attached hydrogen (secondary N) is 1. The van der Waals surface area contributed by atoms with Gasteiger partial charge in [-0.2, -0.15) is 0 Å². The fraction of sp³-hybridized carbons (Fsp3) is 0.0714. The molecule has 2 aromatic carbocycles. The topological polar surface area (TPSA) is 47.3 Å². The molecular weight excluding hydrogens is 285 g/mol. The first-order valence-corrected chi connectivity index (χ1v) is 5.99. The van der Waals surface area contributed by atoms with Gasteiger partial charge in [0, 0.05) is 0 Å². The van der Waals surface area contributed by atoms with Gasteiger partial charge in [-0.3, -0.25) is 0 Å². The van der Waals surface area contributed by atoms with Crippen LogP contribution in [0, 0.1) is 0 Å². The normalized spacial score (nSPS) is 11.6. The van der Waals surface area contributed by atoms with E-state index >= 15 is 0 Å². The summed E-state index contributed by atoms with van der Waals surface area (Å²) in [7, 11) is 0. The van der Waals surface area contributed by atoms with Gasteiger partial charge in [0.25, 0.3) is 0 Å². The fourth-order valence-corrected chi connectivity index (χ4v) is 1.89. The molecule has 0 amide bonds. The van der Waals surface area contributed by atoms with Crippen molar-refractivity contribution in [1.29, 1.82) is 0 Å². The van der Waals surface area contributed by atoms with Crippen molar-refractivity contribution in [2.24, 2.45) is 0 Å². The zero-order valence-corrected chi connectivity index (χ0v) is 10.5. The lowest BCUT2D eigenvalue weighted by molar-refractivity contribution is -0.274. The third-order valence-corrected chi connectivity index (χ3v) is 2.74. The number of nitrogens with zero attached hydrogens (tertiary/aromatic N) is 1. The van der Waals surface area contributed by atoms with E-state index in [-0.39, 0.29) is 11.4 Å². The maximum atomic E-state index is 12.4. The van der Waals surface area contributed by atoms with Crippen molar-refractivity contribution in [2.75, 3.05) is 5.32 Å². The minimum absolute atomic E-state index is 0.147. The maximum Gasteiger partial charge on any atom is 0.573 e. The highest BCUT2D eigenvalue weighted by Crippen LogP contribution is 2.33. The number of fused-ring (bicyclic) bond motifs is 1. The van der Waals surface area contributed by atoms with Crippen LogP contribution in [0.2, 0.25) is 0 Å². The van der Waals surface area contributed by atoms with Gasteiger partial charge in [-0.1, -0.05) is 29.4 Å². The summed E-state index contributed by atoms with van der Waals surface area (Å²) in [5.74, 6) is -0.0131. The molecule has 7 heteroatoms. The predicted molar refractivity (Wildman–Crippen MR) is 70.4 cm³/mol. The third-order valence-electron chi connectivity index (χ3n) is 2.74. The Kier molecular flexibility index (Phi) is 3.17. The van der Waals surface area contributed by atoms with Crippen LogP contribution in [-0.4, -0.2) is 11.5 Å². The molecule has 3 aromatic rings. The number of alkyl halides is 3. The van der Waals surface area contributed by atoms with E-state index in [1.165, 1.54) is 18.2 Å². The van der Waals surface area contributed by atoms with Crippen LogP contribution in [0.3, 0.4) is 0 Å². The molecule has 0 saturated carbocycles. The number of para-hydroxylation sites is 3. The van der Waals surface area contributed by atoms with Crippen molar-refractivity contribution in [1.82, 2.24) is 5.16 Å². The Bertz CT molecular complexity index is 768. The molecule has 4 nitrogen and oxygen atoms in total. The Labute approximate surface area is 117 Å². The molecule has 1 N–H and O–H groups in total. The Balaban J connectivity index is 1.95. The number of halogens is 3.